The molecule has 0 amide bonds. The summed E-state index contributed by atoms with van der Waals surface area (Å²) in [6.07, 6.45) is 29.5. The summed E-state index contributed by atoms with van der Waals surface area (Å²) in [7, 11) is 0. The van der Waals surface area contributed by atoms with E-state index < -0.39 is 0 Å². The Labute approximate surface area is 464 Å². The second-order valence-corrected chi connectivity index (χ2v) is 26.1. The van der Waals surface area contributed by atoms with Gasteiger partial charge in [-0.2, -0.15) is 0 Å². The van der Waals surface area contributed by atoms with E-state index >= 15 is 0 Å². The molecule has 6 aromatic carbocycles. The van der Waals surface area contributed by atoms with Crippen LogP contribution < -0.4 is 0 Å². The molecular formula is C72H84O6. The minimum absolute atomic E-state index is 0.228. The maximum atomic E-state index is 12.7. The summed E-state index contributed by atoms with van der Waals surface area (Å²) >= 11 is 0. The van der Waals surface area contributed by atoms with E-state index in [-0.39, 0.29) is 34.5 Å². The van der Waals surface area contributed by atoms with E-state index in [1.54, 1.807) is 0 Å². The fourth-order valence-electron chi connectivity index (χ4n) is 16.5. The molecule has 6 N–H and O–H groups in total. The second-order valence-electron chi connectivity index (χ2n) is 26.1. The van der Waals surface area contributed by atoms with Crippen LogP contribution in [0.15, 0.2) is 72.8 Å². The third-order valence-electron chi connectivity index (χ3n) is 21.0. The van der Waals surface area contributed by atoms with Gasteiger partial charge >= 0.3 is 0 Å². The van der Waals surface area contributed by atoms with Gasteiger partial charge in [0, 0.05) is 38.5 Å². The van der Waals surface area contributed by atoms with Gasteiger partial charge in [0.15, 0.2) is 0 Å². The molecule has 0 heterocycles. The Morgan fingerprint density at radius 3 is 0.385 bits per heavy atom. The Kier molecular flexibility index (Phi) is 14.5. The molecule has 78 heavy (non-hydrogen) atoms. The van der Waals surface area contributed by atoms with Gasteiger partial charge in [0.05, 0.1) is 0 Å². The highest BCUT2D eigenvalue weighted by Gasteiger charge is 2.30. The highest BCUT2D eigenvalue weighted by Crippen LogP contribution is 2.48. The molecular weight excluding hydrogens is 961 g/mol. The standard InChI is InChI=1S/C72H84O6/c73-67-55-25-49(43-13-1-2-14-43)26-56(67)38-58-28-51(45-17-5-6-18-45)30-60(69(58)75)40-62-32-53(47-21-9-10-22-47)34-64(71(62)77)42-66-36-54(48-23-11-12-24-48)35-65(72(66)78)41-63-33-52(46-19-7-8-20-46)31-61(70(63)76)39-59-29-50(44-15-3-4-16-44)27-57(37-55)68(59)74/h25-36,43-48,73-78H,1-24,37-42H2. The maximum absolute atomic E-state index is 12.7. The molecule has 7 aliphatic rings. The van der Waals surface area contributed by atoms with E-state index in [2.05, 4.69) is 72.8 Å². The first kappa shape index (κ1) is 51.6. The molecule has 6 heteroatoms. The molecule has 0 atom stereocenters. The van der Waals surface area contributed by atoms with Gasteiger partial charge in [-0.25, -0.2) is 0 Å². The molecule has 408 valence electrons. The molecule has 7 aliphatic carbocycles. The number of phenols is 6. The van der Waals surface area contributed by atoms with Crippen molar-refractivity contribution in [1.29, 1.82) is 0 Å². The third-order valence-corrected chi connectivity index (χ3v) is 21.0. The van der Waals surface area contributed by atoms with Crippen molar-refractivity contribution in [2.24, 2.45) is 0 Å². The predicted molar refractivity (Wildman–Crippen MR) is 313 cm³/mol. The molecule has 12 bridgehead atoms. The molecule has 6 aromatic rings. The van der Waals surface area contributed by atoms with Crippen molar-refractivity contribution in [3.8, 4) is 34.5 Å². The average Bonchev–Trinajstić information content (AvgIpc) is 4.31. The van der Waals surface area contributed by atoms with Crippen molar-refractivity contribution in [3.63, 3.8) is 0 Å². The van der Waals surface area contributed by atoms with Crippen molar-refractivity contribution in [1.82, 2.24) is 0 Å². The van der Waals surface area contributed by atoms with Crippen molar-refractivity contribution >= 4 is 0 Å². The zero-order chi connectivity index (χ0) is 53.0. The van der Waals surface area contributed by atoms with Gasteiger partial charge in [-0.05, 0) is 213 Å². The minimum Gasteiger partial charge on any atom is -0.507 e. The summed E-state index contributed by atoms with van der Waals surface area (Å²) in [5, 5.41) is 76.3. The van der Waals surface area contributed by atoms with E-state index in [9.17, 15) is 30.6 Å². The van der Waals surface area contributed by atoms with Crippen LogP contribution in [0.4, 0.5) is 0 Å². The van der Waals surface area contributed by atoms with Crippen LogP contribution in [-0.4, -0.2) is 30.6 Å². The fourth-order valence-corrected chi connectivity index (χ4v) is 16.5. The first-order chi connectivity index (χ1) is 38.1. The van der Waals surface area contributed by atoms with Crippen molar-refractivity contribution < 1.29 is 30.6 Å². The Morgan fingerprint density at radius 2 is 0.282 bits per heavy atom. The van der Waals surface area contributed by atoms with Crippen LogP contribution in [0.3, 0.4) is 0 Å². The van der Waals surface area contributed by atoms with Gasteiger partial charge in [-0.1, -0.05) is 150 Å². The molecule has 0 radical (unpaired) electrons. The lowest BCUT2D eigenvalue weighted by Crippen LogP contribution is -2.06. The summed E-state index contributed by atoms with van der Waals surface area (Å²) in [6.45, 7) is 0. The first-order valence-electron chi connectivity index (χ1n) is 31.1. The largest absolute Gasteiger partial charge is 0.507 e. The van der Waals surface area contributed by atoms with Crippen LogP contribution >= 0.6 is 0 Å². The number of hydrogen-bond acceptors (Lipinski definition) is 6. The van der Waals surface area contributed by atoms with Gasteiger partial charge in [0.25, 0.3) is 0 Å². The summed E-state index contributed by atoms with van der Waals surface area (Å²) in [4.78, 5) is 0. The summed E-state index contributed by atoms with van der Waals surface area (Å²) in [5.74, 6) is 3.64. The first-order valence-corrected chi connectivity index (χ1v) is 31.1. The lowest BCUT2D eigenvalue weighted by molar-refractivity contribution is 0.450. The molecule has 0 spiro atoms. The molecule has 6 fully saturated rings. The highest BCUT2D eigenvalue weighted by atomic mass is 16.3. The number of benzene rings is 6. The van der Waals surface area contributed by atoms with Crippen LogP contribution in [0.25, 0.3) is 0 Å². The zero-order valence-electron chi connectivity index (χ0n) is 46.3. The Morgan fingerprint density at radius 1 is 0.179 bits per heavy atom. The van der Waals surface area contributed by atoms with Crippen molar-refractivity contribution in [3.05, 3.63) is 173 Å². The fraction of sp³-hybridized carbons (Fsp3) is 0.500. The molecule has 6 saturated carbocycles. The van der Waals surface area contributed by atoms with E-state index in [0.29, 0.717) is 74.0 Å². The molecule has 0 saturated heterocycles. The van der Waals surface area contributed by atoms with E-state index in [0.717, 1.165) is 144 Å². The zero-order valence-corrected chi connectivity index (χ0v) is 46.3. The van der Waals surface area contributed by atoms with Crippen LogP contribution in [0, 0.1) is 0 Å². The van der Waals surface area contributed by atoms with E-state index in [1.165, 1.54) is 110 Å². The minimum atomic E-state index is 0.228. The van der Waals surface area contributed by atoms with Crippen LogP contribution in [0.5, 0.6) is 34.5 Å². The SMILES string of the molecule is Oc1c2cc(C3CCCC3)cc1Cc1cc(C3CCCC3)cc(c1O)Cc1cc(C3CCCC3)cc(c1O)Cc1cc(C3CCCC3)cc(c1O)Cc1cc(C3CCCC3)cc(c1O)Cc1cc(C3CCCC3)cc(c1O)C2. The third kappa shape index (κ3) is 10.3. The maximum Gasteiger partial charge on any atom is 0.122 e. The molecule has 0 aromatic heterocycles. The number of hydrogen-bond donors (Lipinski definition) is 6. The highest BCUT2D eigenvalue weighted by molar-refractivity contribution is 5.60. The van der Waals surface area contributed by atoms with Crippen molar-refractivity contribution in [2.45, 2.75) is 228 Å². The molecule has 0 unspecified atom stereocenters. The quantitative estimate of drug-likeness (QED) is 0.0987. The average molecular weight is 1050 g/mol. The molecule has 6 nitrogen and oxygen atoms in total. The lowest BCUT2D eigenvalue weighted by Gasteiger charge is -2.23. The topological polar surface area (TPSA) is 121 Å². The Balaban J connectivity index is 1.02. The Hall–Kier alpha value is -5.88. The second kappa shape index (κ2) is 22.0. The smallest absolute Gasteiger partial charge is 0.122 e. The molecule has 13 rings (SSSR count). The van der Waals surface area contributed by atoms with Gasteiger partial charge in [0.2, 0.25) is 0 Å². The number of phenolic OH excluding ortho intramolecular Hbond substituents is 6. The lowest BCUT2D eigenvalue weighted by atomic mass is 9.84. The summed E-state index contributed by atoms with van der Waals surface area (Å²) in [6, 6.07) is 26.5. The number of rotatable bonds is 6. The van der Waals surface area contributed by atoms with E-state index in [4.69, 9.17) is 0 Å². The summed E-state index contributed by atoms with van der Waals surface area (Å²) < 4.78 is 0. The molecule has 0 aliphatic heterocycles. The van der Waals surface area contributed by atoms with E-state index in [1.807, 2.05) is 0 Å². The number of aromatic hydroxyl groups is 6. The normalized spacial score (nSPS) is 20.3. The predicted octanol–water partition coefficient (Wildman–Crippen LogP) is 17.7. The van der Waals surface area contributed by atoms with Gasteiger partial charge in [-0.15, -0.1) is 0 Å². The van der Waals surface area contributed by atoms with Crippen LogP contribution in [0.2, 0.25) is 0 Å². The van der Waals surface area contributed by atoms with Crippen LogP contribution in [0.1, 0.15) is 290 Å². The summed E-state index contributed by atoms with van der Waals surface area (Å²) in [5.41, 5.74) is 17.0. The van der Waals surface area contributed by atoms with Gasteiger partial charge in [-0.3, -0.25) is 0 Å². The van der Waals surface area contributed by atoms with Gasteiger partial charge < -0.3 is 30.6 Å². The Bertz CT molecular complexity index is 2510. The van der Waals surface area contributed by atoms with Crippen molar-refractivity contribution in [2.75, 3.05) is 0 Å². The van der Waals surface area contributed by atoms with Crippen LogP contribution in [-0.2, 0) is 38.5 Å². The monoisotopic (exact) mass is 1040 g/mol. The number of fused-ring (bicyclic) bond motifs is 12. The van der Waals surface area contributed by atoms with Gasteiger partial charge in [0.1, 0.15) is 34.5 Å².